The lowest BCUT2D eigenvalue weighted by atomic mass is 9.99. The van der Waals surface area contributed by atoms with Gasteiger partial charge in [0.25, 0.3) is 10.0 Å². The van der Waals surface area contributed by atoms with Gasteiger partial charge in [0, 0.05) is 10.9 Å². The average molecular weight is 455 g/mol. The minimum absolute atomic E-state index is 0.287. The third-order valence-corrected chi connectivity index (χ3v) is 7.22. The molecular formula is C22H19BrN2O2S. The molecule has 0 unspecified atom stereocenters. The van der Waals surface area contributed by atoms with Crippen LogP contribution in [0.3, 0.4) is 0 Å². The molecule has 142 valence electrons. The van der Waals surface area contributed by atoms with Crippen LogP contribution in [-0.2, 0) is 10.0 Å². The van der Waals surface area contributed by atoms with E-state index in [4.69, 9.17) is 0 Å². The van der Waals surface area contributed by atoms with Crippen LogP contribution >= 0.6 is 15.9 Å². The van der Waals surface area contributed by atoms with Crippen LogP contribution in [-0.4, -0.2) is 18.5 Å². The van der Waals surface area contributed by atoms with Crippen molar-refractivity contribution in [1.82, 2.24) is 4.41 Å². The Labute approximate surface area is 173 Å². The third kappa shape index (κ3) is 3.50. The van der Waals surface area contributed by atoms with Gasteiger partial charge in [-0.25, -0.2) is 0 Å². The molecule has 0 saturated carbocycles. The fourth-order valence-corrected chi connectivity index (χ4v) is 5.32. The van der Waals surface area contributed by atoms with Crippen LogP contribution in [0.2, 0.25) is 0 Å². The molecule has 4 rings (SSSR count). The molecule has 0 spiro atoms. The zero-order valence-corrected chi connectivity index (χ0v) is 17.7. The summed E-state index contributed by atoms with van der Waals surface area (Å²) in [6.45, 7) is 1.80. The zero-order chi connectivity index (χ0) is 19.7. The molecule has 3 aromatic carbocycles. The number of rotatable bonds is 4. The average Bonchev–Trinajstić information content (AvgIpc) is 3.16. The van der Waals surface area contributed by atoms with Gasteiger partial charge in [-0.1, -0.05) is 76.6 Å². The van der Waals surface area contributed by atoms with E-state index in [-0.39, 0.29) is 10.9 Å². The normalized spacial score (nSPS) is 16.9. The van der Waals surface area contributed by atoms with Crippen LogP contribution in [0.25, 0.3) is 0 Å². The first-order valence-corrected chi connectivity index (χ1v) is 11.2. The highest BCUT2D eigenvalue weighted by Crippen LogP contribution is 2.38. The molecule has 1 atom stereocenters. The van der Waals surface area contributed by atoms with E-state index in [1.807, 2.05) is 60.7 Å². The van der Waals surface area contributed by atoms with Crippen molar-refractivity contribution >= 4 is 31.7 Å². The van der Waals surface area contributed by atoms with E-state index in [1.165, 1.54) is 4.41 Å². The molecule has 1 aliphatic rings. The summed E-state index contributed by atoms with van der Waals surface area (Å²) in [5, 5.41) is 4.58. The molecule has 0 aromatic heterocycles. The van der Waals surface area contributed by atoms with Crippen molar-refractivity contribution in [1.29, 1.82) is 0 Å². The van der Waals surface area contributed by atoms with Crippen LogP contribution in [0, 0.1) is 6.92 Å². The Hall–Kier alpha value is -2.44. The van der Waals surface area contributed by atoms with Crippen molar-refractivity contribution in [2.75, 3.05) is 0 Å². The second kappa shape index (κ2) is 7.53. The number of benzene rings is 3. The summed E-state index contributed by atoms with van der Waals surface area (Å²) in [5.41, 5.74) is 3.33. The molecule has 28 heavy (non-hydrogen) atoms. The maximum atomic E-state index is 13.5. The highest BCUT2D eigenvalue weighted by atomic mass is 79.9. The first-order chi connectivity index (χ1) is 13.5. The van der Waals surface area contributed by atoms with Gasteiger partial charge in [-0.15, -0.1) is 0 Å². The first-order valence-electron chi connectivity index (χ1n) is 8.95. The molecule has 0 saturated heterocycles. The molecule has 4 nitrogen and oxygen atoms in total. The van der Waals surface area contributed by atoms with E-state index in [2.05, 4.69) is 21.0 Å². The van der Waals surface area contributed by atoms with Gasteiger partial charge in [0.1, 0.15) is 0 Å². The Morgan fingerprint density at radius 2 is 1.57 bits per heavy atom. The van der Waals surface area contributed by atoms with E-state index in [1.54, 1.807) is 25.1 Å². The number of sulfonamides is 1. The molecule has 0 radical (unpaired) electrons. The summed E-state index contributed by atoms with van der Waals surface area (Å²) >= 11 is 3.44. The summed E-state index contributed by atoms with van der Waals surface area (Å²) < 4.78 is 29.2. The minimum Gasteiger partial charge on any atom is -0.200 e. The Balaban J connectivity index is 1.82. The zero-order valence-electron chi connectivity index (χ0n) is 15.3. The fourth-order valence-electron chi connectivity index (χ4n) is 3.40. The molecular weight excluding hydrogens is 436 g/mol. The third-order valence-electron chi connectivity index (χ3n) is 4.85. The summed E-state index contributed by atoms with van der Waals surface area (Å²) in [5.74, 6) is 0. The second-order valence-corrected chi connectivity index (χ2v) is 9.41. The molecule has 1 aliphatic heterocycles. The van der Waals surface area contributed by atoms with Crippen LogP contribution in [0.1, 0.15) is 29.2 Å². The summed E-state index contributed by atoms with van der Waals surface area (Å²) in [6.07, 6.45) is 0.525. The second-order valence-electron chi connectivity index (χ2n) is 6.73. The van der Waals surface area contributed by atoms with Gasteiger partial charge in [-0.2, -0.15) is 17.9 Å². The van der Waals surface area contributed by atoms with Gasteiger partial charge in [0.15, 0.2) is 0 Å². The smallest absolute Gasteiger partial charge is 0.200 e. The van der Waals surface area contributed by atoms with E-state index in [9.17, 15) is 8.42 Å². The van der Waals surface area contributed by atoms with Gasteiger partial charge in [-0.3, -0.25) is 0 Å². The molecule has 0 aliphatic carbocycles. The lowest BCUT2D eigenvalue weighted by Gasteiger charge is -2.24. The summed E-state index contributed by atoms with van der Waals surface area (Å²) in [4.78, 5) is 0.287. The number of hydrazone groups is 1. The topological polar surface area (TPSA) is 49.7 Å². The van der Waals surface area contributed by atoms with Gasteiger partial charge in [0.2, 0.25) is 0 Å². The number of hydrogen-bond donors (Lipinski definition) is 0. The molecule has 3 aromatic rings. The highest BCUT2D eigenvalue weighted by Gasteiger charge is 2.38. The van der Waals surface area contributed by atoms with Crippen molar-refractivity contribution in [3.05, 3.63) is 100 Å². The molecule has 6 heteroatoms. The number of nitrogens with zero attached hydrogens (tertiary/aromatic N) is 2. The van der Waals surface area contributed by atoms with Crippen molar-refractivity contribution in [3.63, 3.8) is 0 Å². The van der Waals surface area contributed by atoms with Crippen molar-refractivity contribution < 1.29 is 8.42 Å². The van der Waals surface area contributed by atoms with Crippen molar-refractivity contribution in [2.45, 2.75) is 24.3 Å². The van der Waals surface area contributed by atoms with Crippen LogP contribution in [0.4, 0.5) is 0 Å². The Morgan fingerprint density at radius 1 is 0.929 bits per heavy atom. The van der Waals surface area contributed by atoms with Crippen LogP contribution in [0.5, 0.6) is 0 Å². The minimum atomic E-state index is -3.78. The Bertz CT molecular complexity index is 1130. The number of aryl methyl sites for hydroxylation is 1. The maximum Gasteiger partial charge on any atom is 0.279 e. The fraction of sp³-hybridized carbons (Fsp3) is 0.136. The Kier molecular flexibility index (Phi) is 5.08. The van der Waals surface area contributed by atoms with Crippen LogP contribution in [0.15, 0.2) is 93.3 Å². The van der Waals surface area contributed by atoms with Gasteiger partial charge >= 0.3 is 0 Å². The summed E-state index contributed by atoms with van der Waals surface area (Å²) in [7, 11) is -3.78. The largest absolute Gasteiger partial charge is 0.279 e. The monoisotopic (exact) mass is 454 g/mol. The quantitative estimate of drug-likeness (QED) is 0.536. The first kappa shape index (κ1) is 18.9. The predicted octanol–water partition coefficient (Wildman–Crippen LogP) is 5.30. The van der Waals surface area contributed by atoms with Crippen LogP contribution < -0.4 is 0 Å². The molecule has 0 N–H and O–H groups in total. The molecule has 0 bridgehead atoms. The van der Waals surface area contributed by atoms with E-state index in [0.29, 0.717) is 12.0 Å². The highest BCUT2D eigenvalue weighted by molar-refractivity contribution is 9.10. The maximum absolute atomic E-state index is 13.5. The number of hydrogen-bond acceptors (Lipinski definition) is 3. The summed E-state index contributed by atoms with van der Waals surface area (Å²) in [6, 6.07) is 24.1. The molecule has 0 amide bonds. The van der Waals surface area contributed by atoms with Gasteiger partial charge in [-0.05, 0) is 41.8 Å². The molecule has 1 heterocycles. The Morgan fingerprint density at radius 3 is 2.25 bits per heavy atom. The van der Waals surface area contributed by atoms with Gasteiger partial charge < -0.3 is 0 Å². The SMILES string of the molecule is Cc1ccccc1S(=O)(=O)N1N=C(c2ccccc2)C[C@@H]1c1ccc(Br)cc1. The predicted molar refractivity (Wildman–Crippen MR) is 115 cm³/mol. The van der Waals surface area contributed by atoms with E-state index < -0.39 is 10.0 Å². The lowest BCUT2D eigenvalue weighted by molar-refractivity contribution is 0.371. The lowest BCUT2D eigenvalue weighted by Crippen LogP contribution is -2.27. The molecule has 0 fully saturated rings. The van der Waals surface area contributed by atoms with Crippen molar-refractivity contribution in [2.24, 2.45) is 5.10 Å². The standard InChI is InChI=1S/C22H19BrN2O2S/c1-16-7-5-6-10-22(16)28(26,27)25-21(18-11-13-19(23)14-12-18)15-20(24-25)17-8-3-2-4-9-17/h2-14,21H,15H2,1H3/t21-/m1/s1. The van der Waals surface area contributed by atoms with E-state index >= 15 is 0 Å². The number of halogens is 1. The van der Waals surface area contributed by atoms with Gasteiger partial charge in [0.05, 0.1) is 16.6 Å². The van der Waals surface area contributed by atoms with Crippen molar-refractivity contribution in [3.8, 4) is 0 Å². The van der Waals surface area contributed by atoms with E-state index in [0.717, 1.165) is 21.3 Å².